The molecule has 1 aromatic carbocycles. The van der Waals surface area contributed by atoms with Crippen LogP contribution in [0, 0.1) is 0 Å². The number of hydrogen-bond donors (Lipinski definition) is 1. The molecule has 0 saturated heterocycles. The van der Waals surface area contributed by atoms with Gasteiger partial charge in [0.15, 0.2) is 0 Å². The maximum Gasteiger partial charge on any atom is 0.416 e. The predicted octanol–water partition coefficient (Wildman–Crippen LogP) is 4.64. The molecule has 2 heterocycles. The number of amides is 2. The highest BCUT2D eigenvalue weighted by Crippen LogP contribution is 2.36. The maximum absolute atomic E-state index is 13.3. The fraction of sp³-hybridized carbons (Fsp3) is 0.409. The molecule has 0 spiro atoms. The Morgan fingerprint density at radius 2 is 1.90 bits per heavy atom. The van der Waals surface area contributed by atoms with Gasteiger partial charge < -0.3 is 15.0 Å². The number of benzene rings is 1. The number of carbonyl (C=O) groups excluding carboxylic acids is 2. The fourth-order valence-corrected chi connectivity index (χ4v) is 3.46. The van der Waals surface area contributed by atoms with E-state index >= 15 is 0 Å². The standard InChI is InChI=1S/C22H24F3N3O3/c1-13(16-12-15(9-10-26-16)22(23,24)25)28-18-8-6-5-7-14(18)11-17(19(28)29)27-20(30)31-21(2,3)4/h5-10,12-13,17H,11H2,1-4H3,(H,27,30)/t13-,17+/m0/s1. The minimum atomic E-state index is -4.53. The predicted molar refractivity (Wildman–Crippen MR) is 108 cm³/mol. The van der Waals surface area contributed by atoms with E-state index in [0.29, 0.717) is 5.69 Å². The summed E-state index contributed by atoms with van der Waals surface area (Å²) in [5.74, 6) is -0.448. The van der Waals surface area contributed by atoms with Crippen LogP contribution in [-0.4, -0.2) is 28.6 Å². The molecule has 31 heavy (non-hydrogen) atoms. The minimum absolute atomic E-state index is 0.0934. The van der Waals surface area contributed by atoms with Gasteiger partial charge in [0.05, 0.1) is 17.3 Å². The summed E-state index contributed by atoms with van der Waals surface area (Å²) in [6.07, 6.45) is -3.95. The SMILES string of the molecule is C[C@@H](c1cc(C(F)(F)F)ccn1)N1C(=O)[C@H](NC(=O)OC(C)(C)C)Cc2ccccc21. The van der Waals surface area contributed by atoms with Gasteiger partial charge >= 0.3 is 12.3 Å². The second kappa shape index (κ2) is 8.20. The van der Waals surface area contributed by atoms with Crippen LogP contribution >= 0.6 is 0 Å². The summed E-state index contributed by atoms with van der Waals surface area (Å²) >= 11 is 0. The molecular formula is C22H24F3N3O3. The van der Waals surface area contributed by atoms with Crippen molar-refractivity contribution in [3.05, 3.63) is 59.4 Å². The zero-order valence-electron chi connectivity index (χ0n) is 17.7. The van der Waals surface area contributed by atoms with E-state index < -0.39 is 41.4 Å². The van der Waals surface area contributed by atoms with Crippen molar-refractivity contribution in [1.82, 2.24) is 10.3 Å². The summed E-state index contributed by atoms with van der Waals surface area (Å²) in [7, 11) is 0. The van der Waals surface area contributed by atoms with E-state index in [9.17, 15) is 22.8 Å². The Morgan fingerprint density at radius 1 is 1.23 bits per heavy atom. The molecule has 2 aromatic rings. The van der Waals surface area contributed by atoms with E-state index in [1.165, 1.54) is 4.90 Å². The summed E-state index contributed by atoms with van der Waals surface area (Å²) < 4.78 is 44.7. The Labute approximate surface area is 178 Å². The van der Waals surface area contributed by atoms with Gasteiger partial charge in [-0.05, 0) is 51.5 Å². The molecule has 9 heteroatoms. The molecule has 0 unspecified atom stereocenters. The second-order valence-corrected chi connectivity index (χ2v) is 8.38. The number of aromatic nitrogens is 1. The minimum Gasteiger partial charge on any atom is -0.444 e. The van der Waals surface area contributed by atoms with Crippen LogP contribution in [0.4, 0.5) is 23.7 Å². The van der Waals surface area contributed by atoms with E-state index in [-0.39, 0.29) is 12.1 Å². The molecule has 3 rings (SSSR count). The number of alkyl halides is 3. The third kappa shape index (κ3) is 5.15. The number of hydrogen-bond acceptors (Lipinski definition) is 4. The van der Waals surface area contributed by atoms with Crippen LogP contribution in [0.25, 0.3) is 0 Å². The topological polar surface area (TPSA) is 71.5 Å². The summed E-state index contributed by atoms with van der Waals surface area (Å²) in [5.41, 5.74) is -0.140. The van der Waals surface area contributed by atoms with Gasteiger partial charge in [-0.15, -0.1) is 0 Å². The van der Waals surface area contributed by atoms with Crippen LogP contribution in [0.15, 0.2) is 42.6 Å². The van der Waals surface area contributed by atoms with E-state index in [1.807, 2.05) is 6.07 Å². The highest BCUT2D eigenvalue weighted by Gasteiger charge is 2.38. The summed E-state index contributed by atoms with van der Waals surface area (Å²) in [6, 6.07) is 7.18. The number of para-hydroxylation sites is 1. The lowest BCUT2D eigenvalue weighted by atomic mass is 9.95. The monoisotopic (exact) mass is 435 g/mol. The average molecular weight is 435 g/mol. The zero-order valence-corrected chi connectivity index (χ0v) is 17.7. The average Bonchev–Trinajstić information content (AvgIpc) is 2.66. The Hall–Kier alpha value is -3.10. The smallest absolute Gasteiger partial charge is 0.416 e. The van der Waals surface area contributed by atoms with Crippen molar-refractivity contribution in [1.29, 1.82) is 0 Å². The number of pyridine rings is 1. The molecule has 0 radical (unpaired) electrons. The summed E-state index contributed by atoms with van der Waals surface area (Å²) in [6.45, 7) is 6.72. The Morgan fingerprint density at radius 3 is 2.55 bits per heavy atom. The second-order valence-electron chi connectivity index (χ2n) is 8.38. The molecule has 1 aliphatic rings. The first-order valence-corrected chi connectivity index (χ1v) is 9.80. The van der Waals surface area contributed by atoms with Gasteiger partial charge in [-0.25, -0.2) is 4.79 Å². The van der Waals surface area contributed by atoms with Crippen molar-refractivity contribution in [3.63, 3.8) is 0 Å². The van der Waals surface area contributed by atoms with Crippen molar-refractivity contribution < 1.29 is 27.5 Å². The van der Waals surface area contributed by atoms with E-state index in [0.717, 1.165) is 23.9 Å². The quantitative estimate of drug-likeness (QED) is 0.762. The Balaban J connectivity index is 1.94. The van der Waals surface area contributed by atoms with Gasteiger partial charge in [-0.1, -0.05) is 18.2 Å². The number of nitrogens with one attached hydrogen (secondary N) is 1. The van der Waals surface area contributed by atoms with Crippen LogP contribution in [0.3, 0.4) is 0 Å². The van der Waals surface area contributed by atoms with E-state index in [1.54, 1.807) is 45.9 Å². The lowest BCUT2D eigenvalue weighted by molar-refractivity contribution is -0.137. The molecular weight excluding hydrogens is 411 g/mol. The molecule has 6 nitrogen and oxygen atoms in total. The van der Waals surface area contributed by atoms with Crippen molar-refractivity contribution in [2.45, 2.75) is 58.0 Å². The Bertz CT molecular complexity index is 986. The van der Waals surface area contributed by atoms with E-state index in [2.05, 4.69) is 10.3 Å². The molecule has 1 aromatic heterocycles. The summed E-state index contributed by atoms with van der Waals surface area (Å²) in [4.78, 5) is 31.0. The van der Waals surface area contributed by atoms with Crippen LogP contribution in [0.2, 0.25) is 0 Å². The number of fused-ring (bicyclic) bond motifs is 1. The van der Waals surface area contributed by atoms with E-state index in [4.69, 9.17) is 4.74 Å². The van der Waals surface area contributed by atoms with Crippen LogP contribution in [0.1, 0.15) is 50.6 Å². The maximum atomic E-state index is 13.3. The molecule has 0 fully saturated rings. The zero-order chi connectivity index (χ0) is 23.0. The number of alkyl carbamates (subject to hydrolysis) is 1. The molecule has 0 saturated carbocycles. The molecule has 2 atom stereocenters. The van der Waals surface area contributed by atoms with Gasteiger partial charge in [-0.2, -0.15) is 13.2 Å². The van der Waals surface area contributed by atoms with Crippen molar-refractivity contribution in [2.24, 2.45) is 0 Å². The van der Waals surface area contributed by atoms with Crippen molar-refractivity contribution >= 4 is 17.7 Å². The highest BCUT2D eigenvalue weighted by molar-refractivity contribution is 6.02. The molecule has 0 aliphatic carbocycles. The molecule has 0 bridgehead atoms. The molecule has 2 amide bonds. The number of ether oxygens (including phenoxy) is 1. The van der Waals surface area contributed by atoms with Gasteiger partial charge in [0.1, 0.15) is 11.6 Å². The number of carbonyl (C=O) groups is 2. The molecule has 1 N–H and O–H groups in total. The van der Waals surface area contributed by atoms with Gasteiger partial charge in [0, 0.05) is 18.3 Å². The van der Waals surface area contributed by atoms with Crippen LogP contribution in [-0.2, 0) is 22.1 Å². The third-order valence-electron chi connectivity index (χ3n) is 4.83. The number of nitrogens with zero attached hydrogens (tertiary/aromatic N) is 2. The lowest BCUT2D eigenvalue weighted by Crippen LogP contribution is -2.54. The lowest BCUT2D eigenvalue weighted by Gasteiger charge is -2.38. The molecule has 166 valence electrons. The van der Waals surface area contributed by atoms with Crippen LogP contribution in [0.5, 0.6) is 0 Å². The largest absolute Gasteiger partial charge is 0.444 e. The number of halogens is 3. The van der Waals surface area contributed by atoms with Crippen molar-refractivity contribution in [2.75, 3.05) is 4.90 Å². The van der Waals surface area contributed by atoms with Gasteiger partial charge in [0.25, 0.3) is 5.91 Å². The molecule has 1 aliphatic heterocycles. The number of rotatable bonds is 3. The van der Waals surface area contributed by atoms with Crippen LogP contribution < -0.4 is 10.2 Å². The van der Waals surface area contributed by atoms with Crippen molar-refractivity contribution in [3.8, 4) is 0 Å². The normalized spacial score (nSPS) is 17.7. The number of anilines is 1. The third-order valence-corrected chi connectivity index (χ3v) is 4.83. The van der Waals surface area contributed by atoms with Gasteiger partial charge in [-0.3, -0.25) is 9.78 Å². The van der Waals surface area contributed by atoms with Gasteiger partial charge in [0.2, 0.25) is 0 Å². The first kappa shape index (κ1) is 22.6. The Kier molecular flexibility index (Phi) is 5.98. The highest BCUT2D eigenvalue weighted by atomic mass is 19.4. The first-order valence-electron chi connectivity index (χ1n) is 9.80. The first-order chi connectivity index (χ1) is 14.4. The summed E-state index contributed by atoms with van der Waals surface area (Å²) in [5, 5.41) is 2.59. The fourth-order valence-electron chi connectivity index (χ4n) is 3.46.